The van der Waals surface area contributed by atoms with Gasteiger partial charge >= 0.3 is 0 Å². The molecule has 0 unspecified atom stereocenters. The summed E-state index contributed by atoms with van der Waals surface area (Å²) in [5.41, 5.74) is 1.32. The third kappa shape index (κ3) is 4.49. The molecule has 0 aliphatic heterocycles. The van der Waals surface area contributed by atoms with E-state index in [9.17, 15) is 9.18 Å². The molecule has 8 nitrogen and oxygen atoms in total. The van der Waals surface area contributed by atoms with E-state index in [0.717, 1.165) is 23.7 Å². The van der Waals surface area contributed by atoms with Crippen molar-refractivity contribution in [2.45, 2.75) is 45.4 Å². The molecule has 0 radical (unpaired) electrons. The third-order valence-electron chi connectivity index (χ3n) is 5.66. The van der Waals surface area contributed by atoms with Gasteiger partial charge in [0.15, 0.2) is 5.82 Å². The van der Waals surface area contributed by atoms with Crippen molar-refractivity contribution in [2.75, 3.05) is 11.9 Å². The van der Waals surface area contributed by atoms with Crippen molar-refractivity contribution in [1.29, 1.82) is 0 Å². The summed E-state index contributed by atoms with van der Waals surface area (Å²) < 4.78 is 24.4. The van der Waals surface area contributed by atoms with E-state index in [0.29, 0.717) is 36.6 Å². The molecule has 1 N–H and O–H groups in total. The van der Waals surface area contributed by atoms with E-state index in [-0.39, 0.29) is 11.6 Å². The van der Waals surface area contributed by atoms with Crippen LogP contribution in [-0.2, 0) is 11.3 Å². The molecule has 1 aliphatic rings. The average molecular weight is 449 g/mol. The Bertz CT molecular complexity index is 1310. The molecule has 1 amide bonds. The molecule has 4 aromatic rings. The number of carbonyl (C=O) groups excluding carboxylic acids is 1. The van der Waals surface area contributed by atoms with Crippen LogP contribution >= 0.6 is 0 Å². The number of rotatable bonds is 8. The van der Waals surface area contributed by atoms with Gasteiger partial charge in [-0.15, -0.1) is 10.2 Å². The SMILES string of the molecule is CC(C)n1cnnc1-c1cccc(NC(=O)c2cc3c(ccn3CCOC3CC3)cc2F)n1. The zero-order valence-corrected chi connectivity index (χ0v) is 18.5. The minimum atomic E-state index is -0.581. The maximum Gasteiger partial charge on any atom is 0.259 e. The summed E-state index contributed by atoms with van der Waals surface area (Å²) >= 11 is 0. The lowest BCUT2D eigenvalue weighted by Crippen LogP contribution is -2.15. The molecule has 3 heterocycles. The number of fused-ring (bicyclic) bond motifs is 1. The van der Waals surface area contributed by atoms with Crippen LogP contribution in [-0.4, -0.2) is 42.9 Å². The second-order valence-corrected chi connectivity index (χ2v) is 8.49. The van der Waals surface area contributed by atoms with E-state index >= 15 is 0 Å². The summed E-state index contributed by atoms with van der Waals surface area (Å²) in [6.07, 6.45) is 6.14. The smallest absolute Gasteiger partial charge is 0.259 e. The Morgan fingerprint density at radius 2 is 2.12 bits per heavy atom. The molecular weight excluding hydrogens is 423 g/mol. The van der Waals surface area contributed by atoms with E-state index in [2.05, 4.69) is 20.5 Å². The first-order valence-electron chi connectivity index (χ1n) is 11.1. The number of amides is 1. The predicted octanol–water partition coefficient (Wildman–Crippen LogP) is 4.45. The molecule has 5 rings (SSSR count). The van der Waals surface area contributed by atoms with Crippen molar-refractivity contribution >= 4 is 22.6 Å². The highest BCUT2D eigenvalue weighted by molar-refractivity contribution is 6.06. The van der Waals surface area contributed by atoms with Crippen molar-refractivity contribution < 1.29 is 13.9 Å². The number of benzene rings is 1. The van der Waals surface area contributed by atoms with Gasteiger partial charge in [-0.2, -0.15) is 0 Å². The number of nitrogens with one attached hydrogen (secondary N) is 1. The molecule has 170 valence electrons. The number of aromatic nitrogens is 5. The van der Waals surface area contributed by atoms with Crippen LogP contribution in [0.15, 0.2) is 48.9 Å². The number of ether oxygens (including phenoxy) is 1. The van der Waals surface area contributed by atoms with Crippen LogP contribution in [0.1, 0.15) is 43.1 Å². The zero-order chi connectivity index (χ0) is 22.9. The van der Waals surface area contributed by atoms with E-state index in [1.807, 2.05) is 35.2 Å². The van der Waals surface area contributed by atoms with Crippen molar-refractivity contribution in [1.82, 2.24) is 24.3 Å². The van der Waals surface area contributed by atoms with Gasteiger partial charge in [0.2, 0.25) is 0 Å². The molecule has 33 heavy (non-hydrogen) atoms. The Labute approximate surface area is 190 Å². The van der Waals surface area contributed by atoms with Crippen molar-refractivity contribution in [2.24, 2.45) is 0 Å². The third-order valence-corrected chi connectivity index (χ3v) is 5.66. The quantitative estimate of drug-likeness (QED) is 0.430. The Balaban J connectivity index is 1.37. The lowest BCUT2D eigenvalue weighted by molar-refractivity contribution is 0.102. The van der Waals surface area contributed by atoms with Gasteiger partial charge < -0.3 is 19.2 Å². The molecule has 0 bridgehead atoms. The molecule has 1 fully saturated rings. The number of carbonyl (C=O) groups is 1. The largest absolute Gasteiger partial charge is 0.376 e. The molecule has 3 aromatic heterocycles. The molecule has 0 spiro atoms. The number of anilines is 1. The first kappa shape index (κ1) is 21.3. The lowest BCUT2D eigenvalue weighted by atomic mass is 10.1. The number of hydrogen-bond donors (Lipinski definition) is 1. The first-order chi connectivity index (χ1) is 16.0. The van der Waals surface area contributed by atoms with Crippen LogP contribution in [0, 0.1) is 5.82 Å². The average Bonchev–Trinajstić information content (AvgIpc) is 3.33. The molecule has 0 saturated heterocycles. The molecule has 1 saturated carbocycles. The summed E-state index contributed by atoms with van der Waals surface area (Å²) in [7, 11) is 0. The Morgan fingerprint density at radius 1 is 1.27 bits per heavy atom. The van der Waals surface area contributed by atoms with Crippen LogP contribution in [0.2, 0.25) is 0 Å². The number of nitrogens with zero attached hydrogens (tertiary/aromatic N) is 5. The summed E-state index contributed by atoms with van der Waals surface area (Å²) in [6.45, 7) is 5.27. The predicted molar refractivity (Wildman–Crippen MR) is 122 cm³/mol. The summed E-state index contributed by atoms with van der Waals surface area (Å²) in [6, 6.07) is 10.2. The second-order valence-electron chi connectivity index (χ2n) is 8.49. The number of hydrogen-bond acceptors (Lipinski definition) is 5. The summed E-state index contributed by atoms with van der Waals surface area (Å²) in [4.78, 5) is 17.4. The number of halogens is 1. The van der Waals surface area contributed by atoms with Gasteiger partial charge in [0.25, 0.3) is 5.91 Å². The maximum atomic E-state index is 14.8. The van der Waals surface area contributed by atoms with Gasteiger partial charge in [0.05, 0.1) is 18.3 Å². The van der Waals surface area contributed by atoms with Gasteiger partial charge in [-0.1, -0.05) is 6.07 Å². The van der Waals surface area contributed by atoms with E-state index < -0.39 is 11.7 Å². The Hall–Kier alpha value is -3.59. The summed E-state index contributed by atoms with van der Waals surface area (Å²) in [5.74, 6) is -0.238. The van der Waals surface area contributed by atoms with Gasteiger partial charge in [0.1, 0.15) is 23.7 Å². The first-order valence-corrected chi connectivity index (χ1v) is 11.1. The van der Waals surface area contributed by atoms with Crippen LogP contribution in [0.3, 0.4) is 0 Å². The fourth-order valence-electron chi connectivity index (χ4n) is 3.75. The highest BCUT2D eigenvalue weighted by atomic mass is 19.1. The highest BCUT2D eigenvalue weighted by Gasteiger charge is 2.22. The minimum absolute atomic E-state index is 0.0388. The van der Waals surface area contributed by atoms with Crippen molar-refractivity contribution in [3.8, 4) is 11.5 Å². The fourth-order valence-corrected chi connectivity index (χ4v) is 3.75. The monoisotopic (exact) mass is 448 g/mol. The molecule has 9 heteroatoms. The van der Waals surface area contributed by atoms with E-state index in [1.165, 1.54) is 6.07 Å². The molecule has 1 aliphatic carbocycles. The highest BCUT2D eigenvalue weighted by Crippen LogP contribution is 2.25. The van der Waals surface area contributed by atoms with Crippen LogP contribution in [0.25, 0.3) is 22.4 Å². The normalized spacial score (nSPS) is 13.7. The van der Waals surface area contributed by atoms with Gasteiger partial charge in [-0.05, 0) is 57.0 Å². The van der Waals surface area contributed by atoms with E-state index in [1.54, 1.807) is 30.6 Å². The second kappa shape index (κ2) is 8.74. The number of pyridine rings is 1. The molecular formula is C24H25FN6O2. The van der Waals surface area contributed by atoms with Crippen molar-refractivity contribution in [3.05, 3.63) is 60.3 Å². The molecule has 1 aromatic carbocycles. The van der Waals surface area contributed by atoms with Crippen LogP contribution < -0.4 is 5.32 Å². The van der Waals surface area contributed by atoms with Gasteiger partial charge in [-0.3, -0.25) is 4.79 Å². The topological polar surface area (TPSA) is 86.9 Å². The maximum absolute atomic E-state index is 14.8. The summed E-state index contributed by atoms with van der Waals surface area (Å²) in [5, 5.41) is 11.6. The van der Waals surface area contributed by atoms with Gasteiger partial charge in [0, 0.05) is 29.7 Å². The minimum Gasteiger partial charge on any atom is -0.376 e. The molecule has 0 atom stereocenters. The van der Waals surface area contributed by atoms with Crippen LogP contribution in [0.4, 0.5) is 10.2 Å². The fraction of sp³-hybridized carbons (Fsp3) is 0.333. The lowest BCUT2D eigenvalue weighted by Gasteiger charge is -2.11. The van der Waals surface area contributed by atoms with Gasteiger partial charge in [-0.25, -0.2) is 9.37 Å². The van der Waals surface area contributed by atoms with Crippen molar-refractivity contribution in [3.63, 3.8) is 0 Å². The Kier molecular flexibility index (Phi) is 5.63. The standard InChI is InChI=1S/C24H25FN6O2/c1-15(2)31-14-26-29-23(31)20-4-3-5-22(27-20)28-24(32)18-13-21-16(12-19(18)25)8-9-30(21)10-11-33-17-6-7-17/h3-5,8-9,12-15,17H,6-7,10-11H2,1-2H3,(H,27,28,32). The Morgan fingerprint density at radius 3 is 2.91 bits per heavy atom. The van der Waals surface area contributed by atoms with Crippen LogP contribution in [0.5, 0.6) is 0 Å². The van der Waals surface area contributed by atoms with E-state index in [4.69, 9.17) is 4.74 Å². The zero-order valence-electron chi connectivity index (χ0n) is 18.5.